The molecule has 0 spiro atoms. The molecule has 1 aromatic rings. The predicted molar refractivity (Wildman–Crippen MR) is 70.3 cm³/mol. The molecule has 98 valence electrons. The lowest BCUT2D eigenvalue weighted by atomic mass is 9.84. The summed E-state index contributed by atoms with van der Waals surface area (Å²) in [6, 6.07) is 0. The zero-order valence-corrected chi connectivity index (χ0v) is 12.1. The number of methoxy groups -OCH3 is 1. The average molecular weight is 313 g/mol. The van der Waals surface area contributed by atoms with Crippen molar-refractivity contribution in [3.63, 3.8) is 0 Å². The van der Waals surface area contributed by atoms with E-state index < -0.39 is 0 Å². The number of ether oxygens (including phenoxy) is 1. The number of nitrogens with zero attached hydrogens (tertiary/aromatic N) is 2. The summed E-state index contributed by atoms with van der Waals surface area (Å²) >= 11 is 3.55. The molecule has 1 aromatic heterocycles. The van der Waals surface area contributed by atoms with Crippen LogP contribution in [0.3, 0.4) is 0 Å². The van der Waals surface area contributed by atoms with Crippen molar-refractivity contribution in [3.8, 4) is 0 Å². The largest absolute Gasteiger partial charge is 0.469 e. The molecule has 0 radical (unpaired) electrons. The number of imidazole rings is 1. The third-order valence-electron chi connectivity index (χ3n) is 4.19. The van der Waals surface area contributed by atoms with Gasteiger partial charge in [-0.1, -0.05) is 6.42 Å². The topological polar surface area (TPSA) is 44.1 Å². The highest BCUT2D eigenvalue weighted by Gasteiger charge is 2.33. The van der Waals surface area contributed by atoms with Crippen LogP contribution in [0.15, 0.2) is 4.60 Å². The minimum absolute atomic E-state index is 0.0116. The van der Waals surface area contributed by atoms with Crippen LogP contribution >= 0.6 is 15.9 Å². The van der Waals surface area contributed by atoms with E-state index in [1.807, 2.05) is 0 Å². The Labute approximate surface area is 115 Å². The second-order valence-corrected chi connectivity index (χ2v) is 5.96. The lowest BCUT2D eigenvalue weighted by molar-refractivity contribution is -0.146. The summed E-state index contributed by atoms with van der Waals surface area (Å²) in [5.74, 6) is 1.65. The standard InChI is InChI=1S/C13H17BrN2O2/c1-18-13(17)9-5-6-10-11(14)15-12(16(10)7-9)8-3-2-4-8/h8-9H,2-7H2,1H3. The van der Waals surface area contributed by atoms with Gasteiger partial charge in [0.05, 0.1) is 18.7 Å². The number of aromatic nitrogens is 2. The Kier molecular flexibility index (Phi) is 3.18. The van der Waals surface area contributed by atoms with Gasteiger partial charge in [-0.25, -0.2) is 4.98 Å². The van der Waals surface area contributed by atoms with E-state index in [2.05, 4.69) is 25.5 Å². The van der Waals surface area contributed by atoms with E-state index in [4.69, 9.17) is 4.74 Å². The first-order chi connectivity index (χ1) is 8.70. The third kappa shape index (κ3) is 1.88. The van der Waals surface area contributed by atoms with Gasteiger partial charge >= 0.3 is 5.97 Å². The highest BCUT2D eigenvalue weighted by Crippen LogP contribution is 2.39. The summed E-state index contributed by atoms with van der Waals surface area (Å²) in [6.07, 6.45) is 5.52. The van der Waals surface area contributed by atoms with Gasteiger partial charge in [0.25, 0.3) is 0 Å². The van der Waals surface area contributed by atoms with Crippen LogP contribution in [0.5, 0.6) is 0 Å². The van der Waals surface area contributed by atoms with Gasteiger partial charge in [0, 0.05) is 12.5 Å². The number of hydrogen-bond acceptors (Lipinski definition) is 3. The number of hydrogen-bond donors (Lipinski definition) is 0. The molecular weight excluding hydrogens is 296 g/mol. The third-order valence-corrected chi connectivity index (χ3v) is 4.83. The van der Waals surface area contributed by atoms with Gasteiger partial charge in [-0.05, 0) is 41.6 Å². The molecule has 5 heteroatoms. The van der Waals surface area contributed by atoms with E-state index in [1.165, 1.54) is 32.1 Å². The van der Waals surface area contributed by atoms with Gasteiger partial charge < -0.3 is 9.30 Å². The fourth-order valence-electron chi connectivity index (χ4n) is 2.88. The molecule has 0 N–H and O–H groups in total. The molecule has 0 saturated heterocycles. The molecule has 1 aliphatic carbocycles. The zero-order valence-electron chi connectivity index (χ0n) is 10.5. The van der Waals surface area contributed by atoms with Gasteiger partial charge in [-0.15, -0.1) is 0 Å². The number of esters is 1. The molecule has 0 bridgehead atoms. The Morgan fingerprint density at radius 1 is 1.44 bits per heavy atom. The number of halogens is 1. The van der Waals surface area contributed by atoms with Crippen LogP contribution in [0.2, 0.25) is 0 Å². The zero-order chi connectivity index (χ0) is 12.7. The number of rotatable bonds is 2. The second kappa shape index (κ2) is 4.68. The molecule has 2 aliphatic rings. The van der Waals surface area contributed by atoms with E-state index in [-0.39, 0.29) is 11.9 Å². The summed E-state index contributed by atoms with van der Waals surface area (Å²) in [4.78, 5) is 16.3. The Bertz CT molecular complexity index is 480. The van der Waals surface area contributed by atoms with Crippen LogP contribution < -0.4 is 0 Å². The quantitative estimate of drug-likeness (QED) is 0.789. The van der Waals surface area contributed by atoms with E-state index in [9.17, 15) is 4.79 Å². The minimum atomic E-state index is -0.0926. The highest BCUT2D eigenvalue weighted by atomic mass is 79.9. The first-order valence-electron chi connectivity index (χ1n) is 6.53. The summed E-state index contributed by atoms with van der Waals surface area (Å²) in [6.45, 7) is 0.729. The molecule has 0 amide bonds. The number of fused-ring (bicyclic) bond motifs is 1. The van der Waals surface area contributed by atoms with Gasteiger partial charge in [0.15, 0.2) is 0 Å². The van der Waals surface area contributed by atoms with Gasteiger partial charge in [0.1, 0.15) is 10.4 Å². The van der Waals surface area contributed by atoms with Crippen molar-refractivity contribution in [2.45, 2.75) is 44.6 Å². The average Bonchev–Trinajstić information content (AvgIpc) is 2.63. The summed E-state index contributed by atoms with van der Waals surface area (Å²) in [5, 5.41) is 0. The van der Waals surface area contributed by atoms with Gasteiger partial charge in [-0.2, -0.15) is 0 Å². The summed E-state index contributed by atoms with van der Waals surface area (Å²) < 4.78 is 8.08. The fourth-order valence-corrected chi connectivity index (χ4v) is 3.47. The van der Waals surface area contributed by atoms with E-state index in [1.54, 1.807) is 0 Å². The van der Waals surface area contributed by atoms with E-state index in [0.717, 1.165) is 29.8 Å². The van der Waals surface area contributed by atoms with Crippen molar-refractivity contribution in [1.82, 2.24) is 9.55 Å². The lowest BCUT2D eigenvalue weighted by Crippen LogP contribution is -2.29. The normalized spacial score (nSPS) is 23.3. The number of carbonyl (C=O) groups is 1. The van der Waals surface area contributed by atoms with Crippen molar-refractivity contribution in [1.29, 1.82) is 0 Å². The van der Waals surface area contributed by atoms with Crippen molar-refractivity contribution in [2.24, 2.45) is 5.92 Å². The SMILES string of the molecule is COC(=O)C1CCc2c(Br)nc(C3CCC3)n2C1. The first kappa shape index (κ1) is 12.2. The van der Waals surface area contributed by atoms with Crippen LogP contribution in [0.25, 0.3) is 0 Å². The lowest BCUT2D eigenvalue weighted by Gasteiger charge is -2.29. The molecule has 4 nitrogen and oxygen atoms in total. The van der Waals surface area contributed by atoms with Crippen LogP contribution in [0.1, 0.15) is 43.1 Å². The first-order valence-corrected chi connectivity index (χ1v) is 7.32. The molecule has 1 atom stereocenters. The molecule has 18 heavy (non-hydrogen) atoms. The second-order valence-electron chi connectivity index (χ2n) is 5.20. The summed E-state index contributed by atoms with van der Waals surface area (Å²) in [5.41, 5.74) is 1.25. The molecule has 1 unspecified atom stereocenters. The van der Waals surface area contributed by atoms with E-state index >= 15 is 0 Å². The van der Waals surface area contributed by atoms with Gasteiger partial charge in [-0.3, -0.25) is 4.79 Å². The Morgan fingerprint density at radius 2 is 2.22 bits per heavy atom. The molecule has 1 fully saturated rings. The van der Waals surface area contributed by atoms with Crippen molar-refractivity contribution < 1.29 is 9.53 Å². The molecular formula is C13H17BrN2O2. The minimum Gasteiger partial charge on any atom is -0.469 e. The molecule has 0 aromatic carbocycles. The van der Waals surface area contributed by atoms with Crippen LogP contribution in [-0.4, -0.2) is 22.6 Å². The van der Waals surface area contributed by atoms with Gasteiger partial charge in [0.2, 0.25) is 0 Å². The van der Waals surface area contributed by atoms with Crippen LogP contribution in [-0.2, 0) is 22.5 Å². The summed E-state index contributed by atoms with van der Waals surface area (Å²) in [7, 11) is 1.47. The maximum absolute atomic E-state index is 11.7. The molecule has 2 heterocycles. The van der Waals surface area contributed by atoms with Crippen molar-refractivity contribution >= 4 is 21.9 Å². The van der Waals surface area contributed by atoms with Crippen LogP contribution in [0, 0.1) is 5.92 Å². The smallest absolute Gasteiger partial charge is 0.310 e. The number of carbonyl (C=O) groups excluding carboxylic acids is 1. The van der Waals surface area contributed by atoms with Crippen LogP contribution in [0.4, 0.5) is 0 Å². The van der Waals surface area contributed by atoms with Crippen molar-refractivity contribution in [2.75, 3.05) is 7.11 Å². The highest BCUT2D eigenvalue weighted by molar-refractivity contribution is 9.10. The maximum Gasteiger partial charge on any atom is 0.310 e. The Balaban J connectivity index is 1.90. The van der Waals surface area contributed by atoms with Crippen molar-refractivity contribution in [3.05, 3.63) is 16.1 Å². The molecule has 1 saturated carbocycles. The molecule has 3 rings (SSSR count). The molecule has 1 aliphatic heterocycles. The predicted octanol–water partition coefficient (Wildman–Crippen LogP) is 2.65. The monoisotopic (exact) mass is 312 g/mol. The maximum atomic E-state index is 11.7. The van der Waals surface area contributed by atoms with E-state index in [0.29, 0.717) is 5.92 Å². The fraction of sp³-hybridized carbons (Fsp3) is 0.692. The Morgan fingerprint density at radius 3 is 2.83 bits per heavy atom. The Hall–Kier alpha value is -0.840.